The molecule has 0 radical (unpaired) electrons. The summed E-state index contributed by atoms with van der Waals surface area (Å²) in [7, 11) is 0. The molecule has 0 unspecified atom stereocenters. The van der Waals surface area contributed by atoms with Crippen molar-refractivity contribution < 1.29 is 17.7 Å². The van der Waals surface area contributed by atoms with E-state index in [1.807, 2.05) is 24.3 Å². The fourth-order valence-corrected chi connectivity index (χ4v) is 26.4. The second kappa shape index (κ2) is 30.7. The predicted octanol–water partition coefficient (Wildman–Crippen LogP) is 40.1. The fourth-order valence-electron chi connectivity index (χ4n) is 26.4. The molecule has 150 heavy (non-hydrogen) atoms. The first kappa shape index (κ1) is 83.1. The van der Waals surface area contributed by atoms with E-state index >= 15 is 0 Å². The van der Waals surface area contributed by atoms with Crippen LogP contribution >= 0.6 is 0 Å². The Morgan fingerprint density at radius 1 is 0.173 bits per heavy atom. The maximum atomic E-state index is 6.70. The summed E-state index contributed by atoms with van der Waals surface area (Å²) in [6, 6.07) is 170. The Balaban J connectivity index is 0.000000131. The van der Waals surface area contributed by atoms with Crippen molar-refractivity contribution in [3.63, 3.8) is 0 Å². The van der Waals surface area contributed by atoms with Crippen LogP contribution in [0.25, 0.3) is 274 Å². The maximum absolute atomic E-state index is 6.70. The van der Waals surface area contributed by atoms with Gasteiger partial charge >= 0.3 is 0 Å². The van der Waals surface area contributed by atoms with E-state index in [9.17, 15) is 0 Å². The average Bonchev–Trinajstić information content (AvgIpc) is 1.53. The summed E-state index contributed by atoms with van der Waals surface area (Å²) >= 11 is 0. The van der Waals surface area contributed by atoms with Crippen LogP contribution in [0.2, 0.25) is 0 Å². The van der Waals surface area contributed by atoms with Crippen LogP contribution < -0.4 is 9.80 Å². The van der Waals surface area contributed by atoms with Gasteiger partial charge in [0.05, 0.1) is 44.5 Å². The zero-order chi connectivity index (χ0) is 98.5. The summed E-state index contributed by atoms with van der Waals surface area (Å²) in [5.41, 5.74) is 41.1. The van der Waals surface area contributed by atoms with Crippen LogP contribution in [0.1, 0.15) is 49.9 Å². The molecular weight excluding hydrogens is 1830 g/mol. The summed E-state index contributed by atoms with van der Waals surface area (Å²) in [6.45, 7) is 9.46. The number of rotatable bonds is 10. The number of hydrogen-bond donors (Lipinski definition) is 0. The molecule has 34 rings (SSSR count). The van der Waals surface area contributed by atoms with Gasteiger partial charge in [-0.05, 0) is 338 Å². The highest BCUT2D eigenvalue weighted by molar-refractivity contribution is 6.30. The van der Waals surface area contributed by atoms with Gasteiger partial charge in [-0.15, -0.1) is 0 Å². The van der Waals surface area contributed by atoms with Crippen molar-refractivity contribution in [1.29, 1.82) is 0 Å². The lowest BCUT2D eigenvalue weighted by Gasteiger charge is -2.26. The number of benzene rings is 24. The van der Waals surface area contributed by atoms with Crippen LogP contribution in [0.5, 0.6) is 0 Å². The number of nitrogens with zero attached hydrogens (tertiary/aromatic N) is 4. The molecular formula is C142H88N4O4. The van der Waals surface area contributed by atoms with E-state index in [4.69, 9.17) is 17.7 Å². The number of fused-ring (bicyclic) bond motifs is 34. The number of para-hydroxylation sites is 8. The number of anilines is 6. The van der Waals surface area contributed by atoms with Crippen molar-refractivity contribution in [2.75, 3.05) is 9.80 Å². The third-order valence-corrected chi connectivity index (χ3v) is 33.6. The highest BCUT2D eigenvalue weighted by Crippen LogP contribution is 2.56. The second-order valence-electron chi connectivity index (χ2n) is 42.5. The van der Waals surface area contributed by atoms with Crippen LogP contribution in [0.15, 0.2) is 479 Å². The first-order valence-corrected chi connectivity index (χ1v) is 51.9. The van der Waals surface area contributed by atoms with Crippen molar-refractivity contribution in [3.05, 3.63) is 483 Å². The van der Waals surface area contributed by atoms with Gasteiger partial charge in [-0.25, -0.2) is 0 Å². The summed E-state index contributed by atoms with van der Waals surface area (Å²) in [4.78, 5) is 4.66. The Morgan fingerprint density at radius 2 is 0.467 bits per heavy atom. The largest absolute Gasteiger partial charge is 0.456 e. The van der Waals surface area contributed by atoms with E-state index in [1.165, 1.54) is 165 Å². The Labute approximate surface area is 859 Å². The highest BCUT2D eigenvalue weighted by Gasteiger charge is 2.38. The van der Waals surface area contributed by atoms with Crippen LogP contribution in [-0.2, 0) is 10.8 Å². The Morgan fingerprint density at radius 3 is 0.867 bits per heavy atom. The molecule has 700 valence electrons. The standard InChI is InChI=1S/C74H43N3O3.C68H45NO/c1-3-15-50(16-4-1)75(64-24-13-22-57-54-19-7-11-27-69(54)79-73(57)64)52-32-29-44-37-59-62-40-49(46-31-34-71-61(39-46)56-21-9-10-26-68(56)78-71)41-63-60-38-45-30-33-53(36-48(45)43-67(60)77(72(62)63)66(59)42-47(44)35-52)76(51-17-5-2-6-18-51)65-25-14-23-58-55-20-8-12-28-70(55)80-74(58)65;1-67(2)58-14-8-5-11-48(58)50-24-21-43(34-60(50)67)38-17-19-40-29-53-56-32-47(42-23-26-65-55(31-42)52-13-7-10-16-64(52)70-65)33-57-54-30-41-20-18-39(28-46(41)37-63(54)69(66(56)57)62(53)36-45(40)27-38)44-22-25-51-49-12-6-9-15-59(49)68(3,4)61(51)35-44/h1-43H;5-37H,1-4H3. The van der Waals surface area contributed by atoms with E-state index in [0.29, 0.717) is 0 Å². The van der Waals surface area contributed by atoms with Gasteiger partial charge in [-0.2, -0.15) is 0 Å². The quantitative estimate of drug-likeness (QED) is 0.136. The Hall–Kier alpha value is -19.3. The molecule has 0 bridgehead atoms. The topological polar surface area (TPSA) is 67.9 Å². The fraction of sp³-hybridized carbons (Fsp3) is 0.0423. The molecule has 0 atom stereocenters. The van der Waals surface area contributed by atoms with Crippen LogP contribution in [-0.4, -0.2) is 8.80 Å². The number of aromatic nitrogens is 2. The van der Waals surface area contributed by atoms with Crippen molar-refractivity contribution in [2.45, 2.75) is 38.5 Å². The molecule has 8 aromatic heterocycles. The second-order valence-corrected chi connectivity index (χ2v) is 42.5. The van der Waals surface area contributed by atoms with Gasteiger partial charge in [-0.1, -0.05) is 282 Å². The molecule has 0 N–H and O–H groups in total. The van der Waals surface area contributed by atoms with E-state index in [2.05, 4.69) is 483 Å². The SMILES string of the molecule is CC1(C)c2ccccc2-c2ccc(-c3ccc4cc5c6cc(-c7ccc8oc9ccccc9c8c7)cc7c8cc9ccc(-c%10ccc%11c(c%10)C(C)(C)c%10ccccc%10-%11)cc9cc8n(c5cc4c3)c67)cc21.c1ccc(N(c2ccc3cc4c5cc(-c6ccc7oc8ccccc8c7c6)cc6c7cc8ccc(N(c9ccccc9)c9cccc%10c9oc9ccccc9%10)cc8cc7n(c4cc3c2)c56)c2cccc3c2oc2ccccc23)cc1. The molecule has 8 heterocycles. The molecule has 0 fully saturated rings. The highest BCUT2D eigenvalue weighted by atomic mass is 16.3. The Kier molecular flexibility index (Phi) is 17.0. The van der Waals surface area contributed by atoms with Gasteiger partial charge in [0.1, 0.15) is 33.5 Å². The van der Waals surface area contributed by atoms with Gasteiger partial charge in [0.15, 0.2) is 11.2 Å². The monoisotopic (exact) mass is 1910 g/mol. The zero-order valence-electron chi connectivity index (χ0n) is 82.3. The molecule has 0 amide bonds. The minimum atomic E-state index is -0.0568. The molecule has 8 nitrogen and oxygen atoms in total. The number of hydrogen-bond acceptors (Lipinski definition) is 6. The normalized spacial score (nSPS) is 13.3. The third-order valence-electron chi connectivity index (χ3n) is 33.6. The Bertz CT molecular complexity index is 11000. The van der Waals surface area contributed by atoms with Gasteiger partial charge < -0.3 is 36.3 Å². The lowest BCUT2D eigenvalue weighted by atomic mass is 9.81. The number of furan rings is 4. The first-order chi connectivity index (χ1) is 73.8. The maximum Gasteiger partial charge on any atom is 0.159 e. The van der Waals surface area contributed by atoms with E-state index < -0.39 is 0 Å². The predicted molar refractivity (Wildman–Crippen MR) is 628 cm³/mol. The van der Waals surface area contributed by atoms with Gasteiger partial charge in [0.25, 0.3) is 0 Å². The molecule has 24 aromatic carbocycles. The first-order valence-electron chi connectivity index (χ1n) is 51.9. The van der Waals surface area contributed by atoms with Crippen LogP contribution in [0.3, 0.4) is 0 Å². The van der Waals surface area contributed by atoms with Gasteiger partial charge in [-0.3, -0.25) is 0 Å². The summed E-state index contributed by atoms with van der Waals surface area (Å²) in [5, 5.41) is 28.4. The summed E-state index contributed by atoms with van der Waals surface area (Å²) in [5.74, 6) is 0. The average molecular weight is 1910 g/mol. The van der Waals surface area contributed by atoms with Crippen molar-refractivity contribution in [1.82, 2.24) is 8.80 Å². The van der Waals surface area contributed by atoms with Crippen molar-refractivity contribution in [3.8, 4) is 66.8 Å². The minimum Gasteiger partial charge on any atom is -0.456 e. The molecule has 2 aliphatic carbocycles. The van der Waals surface area contributed by atoms with E-state index in [1.54, 1.807) is 0 Å². The van der Waals surface area contributed by atoms with E-state index in [0.717, 1.165) is 166 Å². The molecule has 0 saturated carbocycles. The van der Waals surface area contributed by atoms with Gasteiger partial charge in [0.2, 0.25) is 0 Å². The molecule has 32 aromatic rings. The molecule has 2 aliphatic rings. The minimum absolute atomic E-state index is 0.0568. The summed E-state index contributed by atoms with van der Waals surface area (Å²) < 4.78 is 31.1. The molecule has 0 spiro atoms. The van der Waals surface area contributed by atoms with E-state index in [-0.39, 0.29) is 10.8 Å². The lowest BCUT2D eigenvalue weighted by molar-refractivity contribution is 0.660. The molecule has 0 saturated heterocycles. The van der Waals surface area contributed by atoms with Crippen LogP contribution in [0.4, 0.5) is 34.1 Å². The third kappa shape index (κ3) is 12.0. The molecule has 0 aliphatic heterocycles. The van der Waals surface area contributed by atoms with Gasteiger partial charge in [0, 0.05) is 120 Å². The zero-order valence-corrected chi connectivity index (χ0v) is 82.3. The lowest BCUT2D eigenvalue weighted by Crippen LogP contribution is -2.14. The van der Waals surface area contributed by atoms with Crippen molar-refractivity contribution in [2.24, 2.45) is 0 Å². The molecule has 8 heteroatoms. The smallest absolute Gasteiger partial charge is 0.159 e. The summed E-state index contributed by atoms with van der Waals surface area (Å²) in [6.07, 6.45) is 0. The van der Waals surface area contributed by atoms with Crippen LogP contribution in [0, 0.1) is 0 Å². The van der Waals surface area contributed by atoms with Crippen molar-refractivity contribution >= 4 is 241 Å².